The first-order chi connectivity index (χ1) is 8.55. The first kappa shape index (κ1) is 13.5. The summed E-state index contributed by atoms with van der Waals surface area (Å²) in [6.45, 7) is 4.02. The first-order valence-corrected chi connectivity index (χ1v) is 8.15. The van der Waals surface area contributed by atoms with Crippen molar-refractivity contribution in [2.45, 2.75) is 17.9 Å². The number of benzene rings is 1. The molecule has 18 heavy (non-hydrogen) atoms. The fraction of sp³-hybridized carbons (Fsp3) is 0.538. The highest BCUT2D eigenvalue weighted by Gasteiger charge is 2.13. The summed E-state index contributed by atoms with van der Waals surface area (Å²) in [6, 6.07) is 7.08. The Balaban J connectivity index is 1.83. The third-order valence-electron chi connectivity index (χ3n) is 3.28. The second-order valence-electron chi connectivity index (χ2n) is 4.91. The van der Waals surface area contributed by atoms with E-state index in [-0.39, 0.29) is 0 Å². The van der Waals surface area contributed by atoms with Gasteiger partial charge in [0.2, 0.25) is 0 Å². The molecule has 1 aliphatic rings. The number of sulfone groups is 1. The van der Waals surface area contributed by atoms with E-state index in [1.165, 1.54) is 12.7 Å². The smallest absolute Gasteiger partial charge is 0.175 e. The molecule has 1 aromatic rings. The van der Waals surface area contributed by atoms with Crippen LogP contribution in [0.3, 0.4) is 0 Å². The second kappa shape index (κ2) is 5.82. The monoisotopic (exact) mass is 268 g/mol. The number of hydrogen-bond acceptors (Lipinski definition) is 4. The van der Waals surface area contributed by atoms with E-state index in [4.69, 9.17) is 0 Å². The Morgan fingerprint density at radius 3 is 2.61 bits per heavy atom. The van der Waals surface area contributed by atoms with E-state index < -0.39 is 9.84 Å². The van der Waals surface area contributed by atoms with Gasteiger partial charge in [0.25, 0.3) is 0 Å². The number of nitrogens with one attached hydrogen (secondary N) is 2. The fourth-order valence-electron chi connectivity index (χ4n) is 2.16. The fourth-order valence-corrected chi connectivity index (χ4v) is 2.79. The van der Waals surface area contributed by atoms with Crippen molar-refractivity contribution in [2.24, 2.45) is 5.92 Å². The van der Waals surface area contributed by atoms with Crippen LogP contribution in [0.4, 0.5) is 0 Å². The minimum Gasteiger partial charge on any atom is -0.316 e. The summed E-state index contributed by atoms with van der Waals surface area (Å²) < 4.78 is 22.6. The maximum Gasteiger partial charge on any atom is 0.175 e. The van der Waals surface area contributed by atoms with Crippen molar-refractivity contribution >= 4 is 9.84 Å². The van der Waals surface area contributed by atoms with Gasteiger partial charge in [-0.3, -0.25) is 0 Å². The Bertz CT molecular complexity index is 476. The van der Waals surface area contributed by atoms with Crippen LogP contribution in [0.5, 0.6) is 0 Å². The van der Waals surface area contributed by atoms with Crippen LogP contribution in [0.1, 0.15) is 12.0 Å². The van der Waals surface area contributed by atoms with Crippen molar-refractivity contribution in [3.63, 3.8) is 0 Å². The quantitative estimate of drug-likeness (QED) is 0.829. The lowest BCUT2D eigenvalue weighted by molar-refractivity contribution is 0.512. The van der Waals surface area contributed by atoms with Gasteiger partial charge in [-0.15, -0.1) is 0 Å². The molecule has 4 nitrogen and oxygen atoms in total. The van der Waals surface area contributed by atoms with Crippen molar-refractivity contribution in [3.8, 4) is 0 Å². The van der Waals surface area contributed by atoms with Crippen LogP contribution in [0.15, 0.2) is 29.2 Å². The van der Waals surface area contributed by atoms with Crippen molar-refractivity contribution < 1.29 is 8.42 Å². The number of hydrogen-bond donors (Lipinski definition) is 2. The minimum absolute atomic E-state index is 0.381. The molecule has 100 valence electrons. The van der Waals surface area contributed by atoms with Gasteiger partial charge >= 0.3 is 0 Å². The summed E-state index contributed by atoms with van der Waals surface area (Å²) in [7, 11) is -3.08. The lowest BCUT2D eigenvalue weighted by Gasteiger charge is -2.10. The minimum atomic E-state index is -3.08. The molecule has 1 heterocycles. The van der Waals surface area contributed by atoms with Crippen molar-refractivity contribution in [3.05, 3.63) is 29.8 Å². The van der Waals surface area contributed by atoms with Gasteiger partial charge in [0, 0.05) is 12.8 Å². The van der Waals surface area contributed by atoms with Gasteiger partial charge in [0.1, 0.15) is 0 Å². The van der Waals surface area contributed by atoms with Crippen LogP contribution >= 0.6 is 0 Å². The molecule has 0 aromatic heterocycles. The van der Waals surface area contributed by atoms with E-state index in [9.17, 15) is 8.42 Å². The maximum absolute atomic E-state index is 11.3. The standard InChI is InChI=1S/C13H20N2O2S/c1-18(16,17)13-4-2-11(3-5-13)8-15-10-12-6-7-14-9-12/h2-5,12,14-15H,6-10H2,1H3. The van der Waals surface area contributed by atoms with E-state index in [1.807, 2.05) is 12.1 Å². The molecule has 1 saturated heterocycles. The lowest BCUT2D eigenvalue weighted by Crippen LogP contribution is -2.24. The first-order valence-electron chi connectivity index (χ1n) is 6.26. The summed E-state index contributed by atoms with van der Waals surface area (Å²) in [5, 5.41) is 6.75. The molecule has 0 bridgehead atoms. The van der Waals surface area contributed by atoms with Crippen molar-refractivity contribution in [2.75, 3.05) is 25.9 Å². The Kier molecular flexibility index (Phi) is 4.37. The van der Waals surface area contributed by atoms with Crippen LogP contribution in [0, 0.1) is 5.92 Å². The average Bonchev–Trinajstić information content (AvgIpc) is 2.82. The van der Waals surface area contributed by atoms with E-state index in [0.29, 0.717) is 4.90 Å². The Hall–Kier alpha value is -0.910. The highest BCUT2D eigenvalue weighted by molar-refractivity contribution is 7.90. The number of rotatable bonds is 5. The Morgan fingerprint density at radius 2 is 2.06 bits per heavy atom. The molecule has 1 aromatic carbocycles. The van der Waals surface area contributed by atoms with Crippen LogP contribution in [0.2, 0.25) is 0 Å². The summed E-state index contributed by atoms with van der Waals surface area (Å²) in [6.07, 6.45) is 2.47. The Morgan fingerprint density at radius 1 is 1.33 bits per heavy atom. The van der Waals surface area contributed by atoms with Crippen LogP contribution in [-0.4, -0.2) is 34.3 Å². The van der Waals surface area contributed by atoms with Gasteiger partial charge in [-0.25, -0.2) is 8.42 Å². The molecule has 1 fully saturated rings. The SMILES string of the molecule is CS(=O)(=O)c1ccc(CNCC2CCNC2)cc1. The van der Waals surface area contributed by atoms with Gasteiger partial charge in [-0.05, 0) is 49.7 Å². The highest BCUT2D eigenvalue weighted by Crippen LogP contribution is 2.10. The van der Waals surface area contributed by atoms with Crippen LogP contribution in [-0.2, 0) is 16.4 Å². The third kappa shape index (κ3) is 3.80. The molecule has 0 amide bonds. The predicted octanol–water partition coefficient (Wildman–Crippen LogP) is 0.789. The van der Waals surface area contributed by atoms with Gasteiger partial charge < -0.3 is 10.6 Å². The molecule has 0 aliphatic carbocycles. The molecule has 2 rings (SSSR count). The lowest BCUT2D eigenvalue weighted by atomic mass is 10.1. The zero-order chi connectivity index (χ0) is 13.0. The molecule has 0 saturated carbocycles. The molecular formula is C13H20N2O2S. The van der Waals surface area contributed by atoms with Crippen molar-refractivity contribution in [1.82, 2.24) is 10.6 Å². The Labute approximate surface area is 109 Å². The van der Waals surface area contributed by atoms with E-state index in [2.05, 4.69) is 10.6 Å². The van der Waals surface area contributed by atoms with E-state index in [0.717, 1.165) is 37.7 Å². The molecular weight excluding hydrogens is 248 g/mol. The topological polar surface area (TPSA) is 58.2 Å². The summed E-state index contributed by atoms with van der Waals surface area (Å²) >= 11 is 0. The zero-order valence-corrected chi connectivity index (χ0v) is 11.5. The van der Waals surface area contributed by atoms with Gasteiger partial charge in [-0.2, -0.15) is 0 Å². The van der Waals surface area contributed by atoms with E-state index in [1.54, 1.807) is 12.1 Å². The molecule has 5 heteroatoms. The average molecular weight is 268 g/mol. The summed E-state index contributed by atoms with van der Waals surface area (Å²) in [5.74, 6) is 0.722. The zero-order valence-electron chi connectivity index (χ0n) is 10.6. The molecule has 0 spiro atoms. The maximum atomic E-state index is 11.3. The van der Waals surface area contributed by atoms with Gasteiger partial charge in [0.15, 0.2) is 9.84 Å². The van der Waals surface area contributed by atoms with Gasteiger partial charge in [0.05, 0.1) is 4.90 Å². The summed E-state index contributed by atoms with van der Waals surface area (Å²) in [4.78, 5) is 0.381. The van der Waals surface area contributed by atoms with Gasteiger partial charge in [-0.1, -0.05) is 12.1 Å². The highest BCUT2D eigenvalue weighted by atomic mass is 32.2. The van der Waals surface area contributed by atoms with Crippen LogP contribution < -0.4 is 10.6 Å². The van der Waals surface area contributed by atoms with Crippen LogP contribution in [0.25, 0.3) is 0 Å². The third-order valence-corrected chi connectivity index (χ3v) is 4.40. The van der Waals surface area contributed by atoms with Crippen molar-refractivity contribution in [1.29, 1.82) is 0 Å². The molecule has 1 atom stereocenters. The predicted molar refractivity (Wildman–Crippen MR) is 72.2 cm³/mol. The largest absolute Gasteiger partial charge is 0.316 e. The molecule has 2 N–H and O–H groups in total. The molecule has 1 aliphatic heterocycles. The second-order valence-corrected chi connectivity index (χ2v) is 6.92. The molecule has 0 radical (unpaired) electrons. The van der Waals surface area contributed by atoms with E-state index >= 15 is 0 Å². The normalized spacial score (nSPS) is 20.2. The molecule has 1 unspecified atom stereocenters. The summed E-state index contributed by atoms with van der Waals surface area (Å²) in [5.41, 5.74) is 1.12.